The molecule has 6 nitrogen and oxygen atoms in total. The van der Waals surface area contributed by atoms with E-state index in [-0.39, 0.29) is 11.7 Å². The van der Waals surface area contributed by atoms with Crippen molar-refractivity contribution in [1.82, 2.24) is 9.62 Å². The summed E-state index contributed by atoms with van der Waals surface area (Å²) in [6, 6.07) is 14.4. The first-order valence-corrected chi connectivity index (χ1v) is 12.8. The topological polar surface area (TPSA) is 75.7 Å². The second kappa shape index (κ2) is 11.2. The average molecular weight is 469 g/mol. The van der Waals surface area contributed by atoms with Crippen LogP contribution in [0.2, 0.25) is 5.02 Å². The van der Waals surface area contributed by atoms with Crippen molar-refractivity contribution in [1.29, 1.82) is 0 Å². The van der Waals surface area contributed by atoms with Crippen molar-refractivity contribution in [2.45, 2.75) is 11.5 Å². The van der Waals surface area contributed by atoms with Crippen LogP contribution in [0.25, 0.3) is 0 Å². The lowest BCUT2D eigenvalue weighted by molar-refractivity contribution is 0.0729. The first-order valence-electron chi connectivity index (χ1n) is 9.69. The van der Waals surface area contributed by atoms with Crippen molar-refractivity contribution in [3.05, 3.63) is 70.2 Å². The van der Waals surface area contributed by atoms with Gasteiger partial charge in [-0.1, -0.05) is 41.9 Å². The van der Waals surface area contributed by atoms with Crippen molar-refractivity contribution < 1.29 is 17.9 Å². The molecular formula is C21H25ClN2O4S2. The van der Waals surface area contributed by atoms with Gasteiger partial charge in [-0.25, -0.2) is 8.42 Å². The van der Waals surface area contributed by atoms with E-state index in [0.29, 0.717) is 44.0 Å². The molecule has 1 saturated heterocycles. The van der Waals surface area contributed by atoms with Crippen LogP contribution in [0.15, 0.2) is 48.5 Å². The number of hydrogen-bond acceptors (Lipinski definition) is 5. The van der Waals surface area contributed by atoms with Crippen molar-refractivity contribution in [2.75, 3.05) is 38.6 Å². The number of carbonyl (C=O) groups is 1. The Balaban J connectivity index is 1.42. The van der Waals surface area contributed by atoms with E-state index in [0.717, 1.165) is 22.1 Å². The van der Waals surface area contributed by atoms with Crippen molar-refractivity contribution in [3.63, 3.8) is 0 Å². The highest BCUT2D eigenvalue weighted by Gasteiger charge is 2.24. The monoisotopic (exact) mass is 468 g/mol. The Morgan fingerprint density at radius 3 is 2.50 bits per heavy atom. The van der Waals surface area contributed by atoms with Gasteiger partial charge >= 0.3 is 0 Å². The van der Waals surface area contributed by atoms with E-state index in [1.54, 1.807) is 36.0 Å². The molecule has 9 heteroatoms. The minimum Gasteiger partial charge on any atom is -0.379 e. The number of carbonyl (C=O) groups excluding carboxylic acids is 1. The lowest BCUT2D eigenvalue weighted by Gasteiger charge is -2.26. The van der Waals surface area contributed by atoms with Gasteiger partial charge in [-0.15, -0.1) is 0 Å². The number of nitrogens with zero attached hydrogens (tertiary/aromatic N) is 1. The standard InChI is InChI=1S/C21H25ClN2O4S2/c22-20-4-2-1-3-19(20)15-29-14-9-23-21(25)18-7-5-17(6-8-18)16-30(26,27)24-10-12-28-13-11-24/h1-8H,9-16H2,(H,23,25). The van der Waals surface area contributed by atoms with Crippen molar-refractivity contribution in [3.8, 4) is 0 Å². The summed E-state index contributed by atoms with van der Waals surface area (Å²) in [5.41, 5.74) is 2.25. The second-order valence-corrected chi connectivity index (χ2v) is 10.3. The van der Waals surface area contributed by atoms with Gasteiger partial charge in [-0.2, -0.15) is 16.1 Å². The molecule has 1 aliphatic rings. The van der Waals surface area contributed by atoms with Gasteiger partial charge in [0.15, 0.2) is 0 Å². The molecule has 0 saturated carbocycles. The number of morpholine rings is 1. The normalized spacial score (nSPS) is 15.1. The molecule has 0 spiro atoms. The number of nitrogens with one attached hydrogen (secondary N) is 1. The molecule has 0 aliphatic carbocycles. The predicted octanol–water partition coefficient (Wildman–Crippen LogP) is 3.17. The molecule has 0 unspecified atom stereocenters. The van der Waals surface area contributed by atoms with Crippen LogP contribution in [0.3, 0.4) is 0 Å². The maximum atomic E-state index is 12.5. The third-order valence-corrected chi connectivity index (χ3v) is 7.90. The summed E-state index contributed by atoms with van der Waals surface area (Å²) < 4.78 is 31.6. The van der Waals surface area contributed by atoms with Gasteiger partial charge < -0.3 is 10.1 Å². The largest absolute Gasteiger partial charge is 0.379 e. The van der Waals surface area contributed by atoms with E-state index in [4.69, 9.17) is 16.3 Å². The number of halogens is 1. The molecule has 1 amide bonds. The summed E-state index contributed by atoms with van der Waals surface area (Å²) in [5, 5.41) is 3.64. The predicted molar refractivity (Wildman–Crippen MR) is 121 cm³/mol. The molecule has 1 fully saturated rings. The van der Waals surface area contributed by atoms with Crippen LogP contribution in [0.5, 0.6) is 0 Å². The van der Waals surface area contributed by atoms with E-state index in [1.807, 2.05) is 24.3 Å². The van der Waals surface area contributed by atoms with E-state index in [2.05, 4.69) is 5.32 Å². The SMILES string of the molecule is O=C(NCCSCc1ccccc1Cl)c1ccc(CS(=O)(=O)N2CCOCC2)cc1. The van der Waals surface area contributed by atoms with Gasteiger partial charge in [0.05, 0.1) is 19.0 Å². The highest BCUT2D eigenvalue weighted by Crippen LogP contribution is 2.20. The molecular weight excluding hydrogens is 444 g/mol. The smallest absolute Gasteiger partial charge is 0.251 e. The Kier molecular flexibility index (Phi) is 8.59. The average Bonchev–Trinajstić information content (AvgIpc) is 2.75. The van der Waals surface area contributed by atoms with Crippen molar-refractivity contribution in [2.24, 2.45) is 0 Å². The van der Waals surface area contributed by atoms with Gasteiger partial charge in [-0.05, 0) is 29.3 Å². The molecule has 30 heavy (non-hydrogen) atoms. The quantitative estimate of drug-likeness (QED) is 0.572. The summed E-state index contributed by atoms with van der Waals surface area (Å²) in [4.78, 5) is 12.3. The molecule has 1 aliphatic heterocycles. The minimum absolute atomic E-state index is 0.0758. The molecule has 1 N–H and O–H groups in total. The molecule has 3 rings (SSSR count). The molecule has 1 heterocycles. The molecule has 2 aromatic carbocycles. The Morgan fingerprint density at radius 1 is 1.10 bits per heavy atom. The minimum atomic E-state index is -3.38. The highest BCUT2D eigenvalue weighted by atomic mass is 35.5. The van der Waals surface area contributed by atoms with Crippen LogP contribution in [-0.4, -0.2) is 57.2 Å². The molecule has 2 aromatic rings. The highest BCUT2D eigenvalue weighted by molar-refractivity contribution is 7.98. The zero-order valence-electron chi connectivity index (χ0n) is 16.6. The fraction of sp³-hybridized carbons (Fsp3) is 0.381. The number of thioether (sulfide) groups is 1. The van der Waals surface area contributed by atoms with Crippen LogP contribution in [-0.2, 0) is 26.3 Å². The Hall–Kier alpha value is -1.58. The summed E-state index contributed by atoms with van der Waals surface area (Å²) in [7, 11) is -3.38. The molecule has 0 radical (unpaired) electrons. The van der Waals surface area contributed by atoms with Crippen LogP contribution in [0.4, 0.5) is 0 Å². The van der Waals surface area contributed by atoms with E-state index in [1.165, 1.54) is 4.31 Å². The second-order valence-electron chi connectivity index (χ2n) is 6.86. The molecule has 162 valence electrons. The third-order valence-electron chi connectivity index (χ3n) is 4.68. The Morgan fingerprint density at radius 2 is 1.80 bits per heavy atom. The van der Waals surface area contributed by atoms with E-state index < -0.39 is 10.0 Å². The van der Waals surface area contributed by atoms with Gasteiger partial charge in [0.2, 0.25) is 10.0 Å². The lowest BCUT2D eigenvalue weighted by atomic mass is 10.1. The zero-order valence-corrected chi connectivity index (χ0v) is 18.9. The Bertz CT molecular complexity index is 946. The summed E-state index contributed by atoms with van der Waals surface area (Å²) >= 11 is 7.84. The summed E-state index contributed by atoms with van der Waals surface area (Å²) in [5.74, 6) is 1.32. The van der Waals surface area contributed by atoms with Crippen LogP contribution in [0, 0.1) is 0 Å². The molecule has 0 bridgehead atoms. The van der Waals surface area contributed by atoms with Gasteiger partial charge in [0.25, 0.3) is 5.91 Å². The molecule has 0 atom stereocenters. The number of hydrogen-bond donors (Lipinski definition) is 1. The summed E-state index contributed by atoms with van der Waals surface area (Å²) in [6.07, 6.45) is 0. The zero-order chi connectivity index (χ0) is 21.4. The van der Waals surface area contributed by atoms with Crippen molar-refractivity contribution >= 4 is 39.3 Å². The van der Waals surface area contributed by atoms with E-state index in [9.17, 15) is 13.2 Å². The summed E-state index contributed by atoms with van der Waals surface area (Å²) in [6.45, 7) is 2.17. The third kappa shape index (κ3) is 6.72. The number of amides is 1. The number of sulfonamides is 1. The number of rotatable bonds is 9. The van der Waals surface area contributed by atoms with Crippen LogP contribution >= 0.6 is 23.4 Å². The van der Waals surface area contributed by atoms with Gasteiger partial charge in [0.1, 0.15) is 0 Å². The van der Waals surface area contributed by atoms with Gasteiger partial charge in [-0.3, -0.25) is 4.79 Å². The first-order chi connectivity index (χ1) is 14.5. The first kappa shape index (κ1) is 23.1. The van der Waals surface area contributed by atoms with E-state index >= 15 is 0 Å². The molecule has 0 aromatic heterocycles. The van der Waals surface area contributed by atoms with Crippen LogP contribution < -0.4 is 5.32 Å². The Labute approximate surface area is 187 Å². The maximum absolute atomic E-state index is 12.5. The van der Waals surface area contributed by atoms with Gasteiger partial charge in [0, 0.05) is 41.7 Å². The number of ether oxygens (including phenoxy) is 1. The number of benzene rings is 2. The van der Waals surface area contributed by atoms with Crippen LogP contribution in [0.1, 0.15) is 21.5 Å². The fourth-order valence-electron chi connectivity index (χ4n) is 3.02. The fourth-order valence-corrected chi connectivity index (χ4v) is 5.66. The maximum Gasteiger partial charge on any atom is 0.251 e. The lowest BCUT2D eigenvalue weighted by Crippen LogP contribution is -2.41.